The largest absolute Gasteiger partial charge is 0.394 e. The number of carbonyl (C=O) groups excluding carboxylic acids is 2. The second kappa shape index (κ2) is 16.7. The third-order valence-electron chi connectivity index (χ3n) is 6.90. The highest BCUT2D eigenvalue weighted by Gasteiger charge is 2.25. The van der Waals surface area contributed by atoms with Crippen molar-refractivity contribution in [2.45, 2.75) is 13.8 Å². The van der Waals surface area contributed by atoms with Crippen LogP contribution in [-0.2, 0) is 19.1 Å². The molecular weight excluding hydrogens is 904 g/mol. The van der Waals surface area contributed by atoms with E-state index in [2.05, 4.69) is 72.9 Å². The van der Waals surface area contributed by atoms with E-state index in [0.717, 1.165) is 24.3 Å². The number of sulfonamides is 1. The Labute approximate surface area is 318 Å². The Morgan fingerprint density at radius 2 is 1.21 bits per heavy atom. The van der Waals surface area contributed by atoms with Crippen molar-refractivity contribution in [3.8, 4) is 0 Å². The molecule has 0 bridgehead atoms. The summed E-state index contributed by atoms with van der Waals surface area (Å²) in [6.07, 6.45) is 3.00. The Bertz CT molecular complexity index is 2610. The molecule has 280 valence electrons. The van der Waals surface area contributed by atoms with Gasteiger partial charge in [0.1, 0.15) is 34.4 Å². The molecule has 53 heavy (non-hydrogen) atoms. The van der Waals surface area contributed by atoms with Gasteiger partial charge >= 0.3 is 0 Å². The van der Waals surface area contributed by atoms with Crippen molar-refractivity contribution in [2.75, 3.05) is 22.0 Å². The van der Waals surface area contributed by atoms with E-state index in [4.69, 9.17) is 5.73 Å². The Balaban J connectivity index is 0.000000209. The normalized spacial score (nSPS) is 11.4. The molecule has 0 saturated carbocycles. The van der Waals surface area contributed by atoms with Crippen LogP contribution in [0.5, 0.6) is 0 Å². The summed E-state index contributed by atoms with van der Waals surface area (Å²) in [5.41, 5.74) is 3.39. The summed E-state index contributed by atoms with van der Waals surface area (Å²) in [4.78, 5) is 33.1. The molecule has 0 spiro atoms. The predicted octanol–water partition coefficient (Wildman–Crippen LogP) is 6.38. The number of nitrogen functional groups attached to an aromatic ring is 1. The van der Waals surface area contributed by atoms with Crippen molar-refractivity contribution in [1.82, 2.24) is 30.4 Å². The number of nitrogens with zero attached hydrogens (tertiary/aromatic N) is 4. The van der Waals surface area contributed by atoms with E-state index in [1.807, 2.05) is 4.72 Å². The zero-order chi connectivity index (χ0) is 39.4. The summed E-state index contributed by atoms with van der Waals surface area (Å²) in [5, 5.41) is 13.5. The molecular formula is C30H23Br2ClF4N8O6S2. The van der Waals surface area contributed by atoms with Gasteiger partial charge in [0.25, 0.3) is 0 Å². The molecule has 23 heteroatoms. The second-order valence-electron chi connectivity index (χ2n) is 10.3. The number of pyridine rings is 2. The fourth-order valence-corrected chi connectivity index (χ4v) is 5.46. The molecule has 6 aromatic rings. The van der Waals surface area contributed by atoms with Crippen LogP contribution in [0.2, 0.25) is 0 Å². The molecule has 0 fully saturated rings. The first kappa shape index (κ1) is 41.2. The lowest BCUT2D eigenvalue weighted by Crippen LogP contribution is -2.18. The minimum atomic E-state index is -3.93. The quantitative estimate of drug-likeness (QED) is 0.0568. The number of fused-ring (bicyclic) bond motifs is 2. The number of benzene rings is 2. The first-order chi connectivity index (χ1) is 24.8. The van der Waals surface area contributed by atoms with Gasteiger partial charge in [0.05, 0.1) is 33.4 Å². The molecule has 4 heterocycles. The van der Waals surface area contributed by atoms with Crippen molar-refractivity contribution < 1.29 is 44.0 Å². The molecule has 0 unspecified atom stereocenters. The first-order valence-electron chi connectivity index (χ1n) is 14.5. The van der Waals surface area contributed by atoms with Gasteiger partial charge in [-0.15, -0.1) is 0 Å². The SMILES string of the molecule is CCS(=O)(=O)Cl.CCS(=O)(=O)Nc1c(F)ccc(C(=O)c2[nH]nc3ncc(Br)cc23)c1F.Nc1c(F)ccc(C(=O)c2[nH]nc3ncc(Br)cc23)c1F. The Morgan fingerprint density at radius 3 is 1.64 bits per heavy atom. The van der Waals surface area contributed by atoms with Gasteiger partial charge in [-0.2, -0.15) is 10.2 Å². The molecule has 5 N–H and O–H groups in total. The minimum absolute atomic E-state index is 0.00849. The van der Waals surface area contributed by atoms with E-state index in [1.165, 1.54) is 26.2 Å². The number of aromatic amines is 2. The highest BCUT2D eigenvalue weighted by molar-refractivity contribution is 9.10. The van der Waals surface area contributed by atoms with Gasteiger partial charge in [-0.05, 0) is 75.2 Å². The van der Waals surface area contributed by atoms with Crippen molar-refractivity contribution in [1.29, 1.82) is 0 Å². The lowest BCUT2D eigenvalue weighted by atomic mass is 10.0. The number of aromatic nitrogens is 6. The summed E-state index contributed by atoms with van der Waals surface area (Å²) in [5.74, 6) is -6.31. The Kier molecular flexibility index (Phi) is 13.0. The standard InChI is InChI=1S/C15H11BrF2N4O3S.C13H7BrF2N4O.C2H5ClO2S/c1-2-26(24,25)22-13-10(17)4-3-8(11(13)18)14(23)12-9-5-7(16)6-19-15(9)21-20-12;14-5-3-7-11(19-20-13(7)18-4-5)12(21)6-1-2-8(15)10(17)9(6)16;1-2-6(3,4)5/h3-6,22H,2H2,1H3,(H,19,20,21);1-4H,17H2,(H,18,19,20);2H2,1H3. The van der Waals surface area contributed by atoms with Crippen LogP contribution in [0.4, 0.5) is 28.9 Å². The number of nitrogens with one attached hydrogen (secondary N) is 3. The molecule has 0 amide bonds. The van der Waals surface area contributed by atoms with Gasteiger partial charge in [0, 0.05) is 32.0 Å². The van der Waals surface area contributed by atoms with E-state index in [9.17, 15) is 44.0 Å². The fraction of sp³-hybridized carbons (Fsp3) is 0.133. The molecule has 0 radical (unpaired) electrons. The highest BCUT2D eigenvalue weighted by atomic mass is 79.9. The number of hydrogen-bond acceptors (Lipinski definition) is 11. The lowest BCUT2D eigenvalue weighted by Gasteiger charge is -2.11. The maximum absolute atomic E-state index is 14.7. The number of hydrogen-bond donors (Lipinski definition) is 4. The zero-order valence-electron chi connectivity index (χ0n) is 26.8. The number of ketones is 2. The van der Waals surface area contributed by atoms with Gasteiger partial charge in [-0.1, -0.05) is 6.92 Å². The maximum Gasteiger partial charge on any atom is 0.232 e. The molecule has 14 nitrogen and oxygen atoms in total. The Morgan fingerprint density at radius 1 is 0.774 bits per heavy atom. The van der Waals surface area contributed by atoms with Crippen molar-refractivity contribution in [3.05, 3.63) is 104 Å². The molecule has 0 saturated heterocycles. The second-order valence-corrected chi connectivity index (χ2v) is 17.3. The van der Waals surface area contributed by atoms with Crippen LogP contribution in [-0.4, -0.2) is 70.3 Å². The van der Waals surface area contributed by atoms with Gasteiger partial charge in [-0.25, -0.2) is 44.4 Å². The van der Waals surface area contributed by atoms with Crippen LogP contribution in [0, 0.1) is 23.3 Å². The molecule has 0 aliphatic carbocycles. The van der Waals surface area contributed by atoms with E-state index in [1.54, 1.807) is 12.1 Å². The summed E-state index contributed by atoms with van der Waals surface area (Å²) in [6.45, 7) is 2.80. The van der Waals surface area contributed by atoms with E-state index < -0.39 is 70.8 Å². The summed E-state index contributed by atoms with van der Waals surface area (Å²) in [6, 6.07) is 6.94. The van der Waals surface area contributed by atoms with Gasteiger partial charge in [0.2, 0.25) is 30.6 Å². The van der Waals surface area contributed by atoms with E-state index in [0.29, 0.717) is 25.4 Å². The number of halogens is 7. The lowest BCUT2D eigenvalue weighted by molar-refractivity contribution is 0.102. The maximum atomic E-state index is 14.7. The summed E-state index contributed by atoms with van der Waals surface area (Å²) >= 11 is 6.45. The fourth-order valence-electron chi connectivity index (χ4n) is 4.16. The molecule has 6 rings (SSSR count). The molecule has 0 atom stereocenters. The number of H-pyrrole nitrogens is 2. The van der Waals surface area contributed by atoms with Crippen LogP contribution < -0.4 is 10.5 Å². The minimum Gasteiger partial charge on any atom is -0.394 e. The monoisotopic (exact) mass is 924 g/mol. The van der Waals surface area contributed by atoms with Gasteiger partial charge in [-0.3, -0.25) is 24.5 Å². The number of anilines is 2. The number of carbonyl (C=O) groups is 2. The average molecular weight is 927 g/mol. The zero-order valence-corrected chi connectivity index (χ0v) is 32.4. The number of rotatable bonds is 8. The van der Waals surface area contributed by atoms with Crippen LogP contribution in [0.25, 0.3) is 22.1 Å². The van der Waals surface area contributed by atoms with E-state index in [-0.39, 0.29) is 34.1 Å². The van der Waals surface area contributed by atoms with E-state index >= 15 is 0 Å². The van der Waals surface area contributed by atoms with Crippen LogP contribution in [0.1, 0.15) is 46.0 Å². The smallest absolute Gasteiger partial charge is 0.232 e. The third kappa shape index (κ3) is 9.73. The number of nitrogens with two attached hydrogens (primary N) is 1. The Hall–Kier alpha value is -4.51. The molecule has 4 aromatic heterocycles. The third-order valence-corrected chi connectivity index (χ3v) is 10.4. The van der Waals surface area contributed by atoms with Crippen molar-refractivity contribution in [2.24, 2.45) is 0 Å². The van der Waals surface area contributed by atoms with Crippen LogP contribution >= 0.6 is 42.5 Å². The summed E-state index contributed by atoms with van der Waals surface area (Å²) in [7, 11) is -2.43. The van der Waals surface area contributed by atoms with Crippen LogP contribution in [0.3, 0.4) is 0 Å². The predicted molar refractivity (Wildman–Crippen MR) is 196 cm³/mol. The van der Waals surface area contributed by atoms with Crippen molar-refractivity contribution in [3.63, 3.8) is 0 Å². The summed E-state index contributed by atoms with van der Waals surface area (Å²) < 4.78 is 102. The highest BCUT2D eigenvalue weighted by Crippen LogP contribution is 2.28. The average Bonchev–Trinajstić information content (AvgIpc) is 3.72. The van der Waals surface area contributed by atoms with Gasteiger partial charge < -0.3 is 5.73 Å². The molecule has 2 aromatic carbocycles. The topological polar surface area (TPSA) is 224 Å². The molecule has 0 aliphatic heterocycles. The first-order valence-corrected chi connectivity index (χ1v) is 20.2. The molecule has 0 aliphatic rings. The van der Waals surface area contributed by atoms with Crippen LogP contribution in [0.15, 0.2) is 57.7 Å². The van der Waals surface area contributed by atoms with Crippen molar-refractivity contribution >= 4 is 107 Å². The van der Waals surface area contributed by atoms with Gasteiger partial charge in [0.15, 0.2) is 22.9 Å².